The van der Waals surface area contributed by atoms with Crippen LogP contribution in [0.15, 0.2) is 88.2 Å². The molecule has 3 rings (SSSR count). The van der Waals surface area contributed by atoms with Gasteiger partial charge in [-0.2, -0.15) is 0 Å². The highest BCUT2D eigenvalue weighted by molar-refractivity contribution is 9.10. The van der Waals surface area contributed by atoms with Crippen LogP contribution in [-0.4, -0.2) is 34.6 Å². The molecule has 3 aromatic rings. The highest BCUT2D eigenvalue weighted by atomic mass is 79.9. The first-order valence-corrected chi connectivity index (χ1v) is 14.2. The molecule has 0 bridgehead atoms. The van der Waals surface area contributed by atoms with Gasteiger partial charge in [-0.05, 0) is 55.7 Å². The van der Waals surface area contributed by atoms with E-state index in [0.717, 1.165) is 26.9 Å². The normalized spacial score (nSPS) is 12.6. The van der Waals surface area contributed by atoms with Gasteiger partial charge < -0.3 is 10.2 Å². The van der Waals surface area contributed by atoms with Gasteiger partial charge in [0.05, 0.1) is 0 Å². The third kappa shape index (κ3) is 8.82. The largest absolute Gasteiger partial charge is 0.352 e. The fourth-order valence-electron chi connectivity index (χ4n) is 3.82. The lowest BCUT2D eigenvalue weighted by atomic mass is 10.0. The zero-order chi connectivity index (χ0) is 25.9. The SMILES string of the molecule is CC[C@H](C)NC(=O)[C@H](Cc1ccccc1)N(Cc1ccc(Br)cc1)C(=O)CCSc1ccc(C)cc1. The van der Waals surface area contributed by atoms with Crippen molar-refractivity contribution in [3.05, 3.63) is 100 Å². The average molecular weight is 568 g/mol. The molecule has 0 aliphatic carbocycles. The minimum absolute atomic E-state index is 0.0160. The standard InChI is InChI=1S/C30H35BrN2O2S/c1-4-23(3)32-30(35)28(20-24-8-6-5-7-9-24)33(21-25-12-14-26(31)15-13-25)29(34)18-19-36-27-16-10-22(2)11-17-27/h5-17,23,28H,4,18-21H2,1-3H3,(H,32,35)/t23-,28-/m0/s1. The quantitative estimate of drug-likeness (QED) is 0.245. The van der Waals surface area contributed by atoms with Crippen molar-refractivity contribution in [3.8, 4) is 0 Å². The lowest BCUT2D eigenvalue weighted by molar-refractivity contribution is -0.141. The molecule has 2 atom stereocenters. The van der Waals surface area contributed by atoms with Crippen LogP contribution in [0.5, 0.6) is 0 Å². The summed E-state index contributed by atoms with van der Waals surface area (Å²) in [6.07, 6.45) is 1.66. The van der Waals surface area contributed by atoms with Crippen LogP contribution in [-0.2, 0) is 22.6 Å². The minimum Gasteiger partial charge on any atom is -0.352 e. The maximum Gasteiger partial charge on any atom is 0.243 e. The van der Waals surface area contributed by atoms with E-state index >= 15 is 0 Å². The highest BCUT2D eigenvalue weighted by Crippen LogP contribution is 2.22. The maximum atomic E-state index is 13.7. The smallest absolute Gasteiger partial charge is 0.243 e. The van der Waals surface area contributed by atoms with E-state index in [1.165, 1.54) is 5.56 Å². The van der Waals surface area contributed by atoms with Gasteiger partial charge in [0.15, 0.2) is 0 Å². The van der Waals surface area contributed by atoms with Gasteiger partial charge in [-0.25, -0.2) is 0 Å². The van der Waals surface area contributed by atoms with Crippen molar-refractivity contribution < 1.29 is 9.59 Å². The number of carbonyl (C=O) groups excluding carboxylic acids is 2. The van der Waals surface area contributed by atoms with Gasteiger partial charge in [0.2, 0.25) is 11.8 Å². The molecule has 0 spiro atoms. The first kappa shape index (κ1) is 28.0. The van der Waals surface area contributed by atoms with Crippen LogP contribution < -0.4 is 5.32 Å². The van der Waals surface area contributed by atoms with Crippen LogP contribution in [0, 0.1) is 6.92 Å². The number of amides is 2. The Bertz CT molecular complexity index is 1100. The van der Waals surface area contributed by atoms with E-state index in [4.69, 9.17) is 0 Å². The van der Waals surface area contributed by atoms with Crippen LogP contribution in [0.2, 0.25) is 0 Å². The minimum atomic E-state index is -0.595. The van der Waals surface area contributed by atoms with E-state index in [1.54, 1.807) is 16.7 Å². The Morgan fingerprint density at radius 3 is 2.25 bits per heavy atom. The Kier molecular flexibility index (Phi) is 11.1. The summed E-state index contributed by atoms with van der Waals surface area (Å²) < 4.78 is 0.981. The molecule has 6 heteroatoms. The number of hydrogen-bond acceptors (Lipinski definition) is 3. The predicted molar refractivity (Wildman–Crippen MR) is 153 cm³/mol. The van der Waals surface area contributed by atoms with Crippen molar-refractivity contribution in [2.45, 2.75) is 63.6 Å². The van der Waals surface area contributed by atoms with Gasteiger partial charge in [0, 0.05) is 40.5 Å². The molecular formula is C30H35BrN2O2S. The summed E-state index contributed by atoms with van der Waals surface area (Å²) >= 11 is 5.15. The van der Waals surface area contributed by atoms with Crippen LogP contribution >= 0.6 is 27.7 Å². The van der Waals surface area contributed by atoms with Gasteiger partial charge in [0.1, 0.15) is 6.04 Å². The van der Waals surface area contributed by atoms with Crippen molar-refractivity contribution in [1.82, 2.24) is 10.2 Å². The molecule has 0 saturated heterocycles. The molecule has 4 nitrogen and oxygen atoms in total. The molecular weight excluding hydrogens is 532 g/mol. The van der Waals surface area contributed by atoms with Crippen LogP contribution in [0.25, 0.3) is 0 Å². The molecule has 0 aromatic heterocycles. The molecule has 0 unspecified atom stereocenters. The number of benzene rings is 3. The maximum absolute atomic E-state index is 13.7. The number of hydrogen-bond donors (Lipinski definition) is 1. The van der Waals surface area contributed by atoms with Crippen molar-refractivity contribution >= 4 is 39.5 Å². The second-order valence-electron chi connectivity index (χ2n) is 9.08. The summed E-state index contributed by atoms with van der Waals surface area (Å²) in [4.78, 5) is 30.1. The number of carbonyl (C=O) groups is 2. The third-order valence-electron chi connectivity index (χ3n) is 6.14. The summed E-state index contributed by atoms with van der Waals surface area (Å²) in [5, 5.41) is 3.12. The van der Waals surface area contributed by atoms with Crippen molar-refractivity contribution in [3.63, 3.8) is 0 Å². The van der Waals surface area contributed by atoms with E-state index < -0.39 is 6.04 Å². The van der Waals surface area contributed by atoms with Crippen LogP contribution in [0.3, 0.4) is 0 Å². The molecule has 2 amide bonds. The topological polar surface area (TPSA) is 49.4 Å². The Morgan fingerprint density at radius 1 is 0.944 bits per heavy atom. The first-order valence-electron chi connectivity index (χ1n) is 12.4. The Morgan fingerprint density at radius 2 is 1.61 bits per heavy atom. The van der Waals surface area contributed by atoms with Gasteiger partial charge in [-0.1, -0.05) is 83.0 Å². The van der Waals surface area contributed by atoms with Gasteiger partial charge in [0.25, 0.3) is 0 Å². The van der Waals surface area contributed by atoms with E-state index in [1.807, 2.05) is 68.4 Å². The Hall–Kier alpha value is -2.57. The molecule has 0 heterocycles. The molecule has 0 aliphatic rings. The highest BCUT2D eigenvalue weighted by Gasteiger charge is 2.30. The number of aryl methyl sites for hydroxylation is 1. The average Bonchev–Trinajstić information content (AvgIpc) is 2.88. The second-order valence-corrected chi connectivity index (χ2v) is 11.2. The van der Waals surface area contributed by atoms with Crippen LogP contribution in [0.4, 0.5) is 0 Å². The van der Waals surface area contributed by atoms with Crippen molar-refractivity contribution in [2.24, 2.45) is 0 Å². The number of rotatable bonds is 12. The second kappa shape index (κ2) is 14.2. The fourth-order valence-corrected chi connectivity index (χ4v) is 4.92. The van der Waals surface area contributed by atoms with Gasteiger partial charge in [-0.15, -0.1) is 11.8 Å². The predicted octanol–water partition coefficient (Wildman–Crippen LogP) is 6.79. The summed E-state index contributed by atoms with van der Waals surface area (Å²) in [7, 11) is 0. The Balaban J connectivity index is 1.84. The number of halogens is 1. The Labute approximate surface area is 228 Å². The summed E-state index contributed by atoms with van der Waals surface area (Å²) in [5.74, 6) is 0.534. The van der Waals surface area contributed by atoms with Crippen molar-refractivity contribution in [2.75, 3.05) is 5.75 Å². The van der Waals surface area contributed by atoms with E-state index in [-0.39, 0.29) is 17.9 Å². The summed E-state index contributed by atoms with van der Waals surface area (Å²) in [6.45, 7) is 6.49. The van der Waals surface area contributed by atoms with Gasteiger partial charge >= 0.3 is 0 Å². The van der Waals surface area contributed by atoms with E-state index in [0.29, 0.717) is 25.1 Å². The zero-order valence-corrected chi connectivity index (χ0v) is 23.6. The molecule has 0 fully saturated rings. The molecule has 3 aromatic carbocycles. The third-order valence-corrected chi connectivity index (χ3v) is 7.69. The molecule has 0 aliphatic heterocycles. The number of nitrogens with one attached hydrogen (secondary N) is 1. The molecule has 36 heavy (non-hydrogen) atoms. The molecule has 0 radical (unpaired) electrons. The lowest BCUT2D eigenvalue weighted by Crippen LogP contribution is -2.52. The van der Waals surface area contributed by atoms with E-state index in [9.17, 15) is 9.59 Å². The lowest BCUT2D eigenvalue weighted by Gasteiger charge is -2.32. The monoisotopic (exact) mass is 566 g/mol. The molecule has 1 N–H and O–H groups in total. The number of nitrogens with zero attached hydrogens (tertiary/aromatic N) is 1. The van der Waals surface area contributed by atoms with Crippen LogP contribution in [0.1, 0.15) is 43.4 Å². The zero-order valence-electron chi connectivity index (χ0n) is 21.2. The first-order chi connectivity index (χ1) is 17.4. The fraction of sp³-hybridized carbons (Fsp3) is 0.333. The van der Waals surface area contributed by atoms with E-state index in [2.05, 4.69) is 52.4 Å². The van der Waals surface area contributed by atoms with Crippen molar-refractivity contribution in [1.29, 1.82) is 0 Å². The number of thioether (sulfide) groups is 1. The van der Waals surface area contributed by atoms with Gasteiger partial charge in [-0.3, -0.25) is 9.59 Å². The molecule has 190 valence electrons. The summed E-state index contributed by atoms with van der Waals surface area (Å²) in [5.41, 5.74) is 3.24. The molecule has 0 saturated carbocycles. The summed E-state index contributed by atoms with van der Waals surface area (Å²) in [6, 6.07) is 25.6.